The van der Waals surface area contributed by atoms with Gasteiger partial charge in [-0.3, -0.25) is 9.20 Å². The molecule has 0 aliphatic carbocycles. The molecule has 6 nitrogen and oxygen atoms in total. The molecule has 1 N–H and O–H groups in total. The van der Waals surface area contributed by atoms with Crippen molar-refractivity contribution in [1.82, 2.24) is 24.9 Å². The molecule has 0 saturated heterocycles. The van der Waals surface area contributed by atoms with Gasteiger partial charge in [-0.25, -0.2) is 4.98 Å². The number of nitrogens with one attached hydrogen (secondary N) is 1. The summed E-state index contributed by atoms with van der Waals surface area (Å²) in [6, 6.07) is 17.0. The monoisotopic (exact) mass is 303 g/mol. The summed E-state index contributed by atoms with van der Waals surface area (Å²) < 4.78 is 1.84. The molecule has 0 spiro atoms. The molecular weight excluding hydrogens is 290 g/mol. The molecule has 4 aromatic rings. The average molecular weight is 303 g/mol. The van der Waals surface area contributed by atoms with Crippen molar-refractivity contribution in [2.45, 2.75) is 6.54 Å². The predicted octanol–water partition coefficient (Wildman–Crippen LogP) is 2.21. The second-order valence-electron chi connectivity index (χ2n) is 5.12. The van der Waals surface area contributed by atoms with E-state index in [1.807, 2.05) is 59.1 Å². The van der Waals surface area contributed by atoms with Gasteiger partial charge in [0, 0.05) is 11.6 Å². The molecule has 3 aromatic heterocycles. The van der Waals surface area contributed by atoms with Crippen LogP contribution in [0.2, 0.25) is 0 Å². The third-order valence-corrected chi connectivity index (χ3v) is 3.62. The molecule has 4 rings (SSSR count). The average Bonchev–Trinajstić information content (AvgIpc) is 3.02. The van der Waals surface area contributed by atoms with Crippen LogP contribution in [0.1, 0.15) is 16.3 Å². The fourth-order valence-electron chi connectivity index (χ4n) is 2.45. The number of nitrogens with zero attached hydrogens (tertiary/aromatic N) is 4. The van der Waals surface area contributed by atoms with Gasteiger partial charge in [-0.15, -0.1) is 10.2 Å². The standard InChI is InChI=1S/C17H13N5O/c23-17(14-9-8-12-5-1-2-6-13(12)19-14)18-11-16-21-20-15-7-3-4-10-22(15)16/h1-10H,11H2,(H,18,23). The summed E-state index contributed by atoms with van der Waals surface area (Å²) in [6.45, 7) is 0.290. The molecule has 0 radical (unpaired) electrons. The zero-order valence-electron chi connectivity index (χ0n) is 12.2. The first-order valence-corrected chi connectivity index (χ1v) is 7.24. The van der Waals surface area contributed by atoms with E-state index in [2.05, 4.69) is 20.5 Å². The number of pyridine rings is 2. The second kappa shape index (κ2) is 5.49. The number of para-hydroxylation sites is 1. The van der Waals surface area contributed by atoms with Gasteiger partial charge in [-0.05, 0) is 24.3 Å². The quantitative estimate of drug-likeness (QED) is 0.630. The van der Waals surface area contributed by atoms with Crippen LogP contribution in [0.5, 0.6) is 0 Å². The highest BCUT2D eigenvalue weighted by Crippen LogP contribution is 2.11. The molecule has 23 heavy (non-hydrogen) atoms. The fraction of sp³-hybridized carbons (Fsp3) is 0.0588. The number of aromatic nitrogens is 4. The summed E-state index contributed by atoms with van der Waals surface area (Å²) in [5.74, 6) is 0.443. The molecule has 0 unspecified atom stereocenters. The van der Waals surface area contributed by atoms with E-state index in [9.17, 15) is 4.79 Å². The van der Waals surface area contributed by atoms with Crippen LogP contribution in [0.15, 0.2) is 60.8 Å². The second-order valence-corrected chi connectivity index (χ2v) is 5.12. The summed E-state index contributed by atoms with van der Waals surface area (Å²) in [6.07, 6.45) is 1.87. The lowest BCUT2D eigenvalue weighted by Gasteiger charge is -2.05. The Morgan fingerprint density at radius 1 is 1.00 bits per heavy atom. The molecule has 1 amide bonds. The first-order chi connectivity index (χ1) is 11.3. The first kappa shape index (κ1) is 13.4. The highest BCUT2D eigenvalue weighted by Gasteiger charge is 2.10. The van der Waals surface area contributed by atoms with Crippen molar-refractivity contribution in [3.63, 3.8) is 0 Å². The number of hydrogen-bond acceptors (Lipinski definition) is 4. The topological polar surface area (TPSA) is 72.2 Å². The molecule has 1 aromatic carbocycles. The molecular formula is C17H13N5O. The molecule has 0 bridgehead atoms. The molecule has 0 saturated carbocycles. The van der Waals surface area contributed by atoms with E-state index in [1.54, 1.807) is 6.07 Å². The van der Waals surface area contributed by atoms with Crippen LogP contribution < -0.4 is 5.32 Å². The maximum absolute atomic E-state index is 12.3. The van der Waals surface area contributed by atoms with Gasteiger partial charge < -0.3 is 5.32 Å². The van der Waals surface area contributed by atoms with Crippen molar-refractivity contribution in [2.24, 2.45) is 0 Å². The minimum Gasteiger partial charge on any atom is -0.343 e. The fourth-order valence-corrected chi connectivity index (χ4v) is 2.45. The Morgan fingerprint density at radius 2 is 1.87 bits per heavy atom. The number of benzene rings is 1. The first-order valence-electron chi connectivity index (χ1n) is 7.24. The SMILES string of the molecule is O=C(NCc1nnc2ccccn12)c1ccc2ccccc2n1. The predicted molar refractivity (Wildman–Crippen MR) is 85.9 cm³/mol. The normalized spacial score (nSPS) is 11.0. The Hall–Kier alpha value is -3.28. The van der Waals surface area contributed by atoms with Crippen molar-refractivity contribution in [3.8, 4) is 0 Å². The molecule has 0 atom stereocenters. The van der Waals surface area contributed by atoms with Crippen LogP contribution in [0.4, 0.5) is 0 Å². The van der Waals surface area contributed by atoms with Gasteiger partial charge >= 0.3 is 0 Å². The molecule has 6 heteroatoms. The Balaban J connectivity index is 1.55. The summed E-state index contributed by atoms with van der Waals surface area (Å²) in [5, 5.41) is 12.0. The smallest absolute Gasteiger partial charge is 0.270 e. The minimum absolute atomic E-state index is 0.233. The van der Waals surface area contributed by atoms with Crippen LogP contribution in [-0.2, 0) is 6.54 Å². The van der Waals surface area contributed by atoms with E-state index in [4.69, 9.17) is 0 Å². The maximum atomic E-state index is 12.3. The van der Waals surface area contributed by atoms with Gasteiger partial charge in [-0.1, -0.05) is 30.3 Å². The molecule has 112 valence electrons. The van der Waals surface area contributed by atoms with Crippen molar-refractivity contribution in [1.29, 1.82) is 0 Å². The number of fused-ring (bicyclic) bond motifs is 2. The van der Waals surface area contributed by atoms with E-state index < -0.39 is 0 Å². The van der Waals surface area contributed by atoms with Crippen molar-refractivity contribution >= 4 is 22.5 Å². The van der Waals surface area contributed by atoms with E-state index in [0.29, 0.717) is 18.1 Å². The summed E-state index contributed by atoms with van der Waals surface area (Å²) in [7, 11) is 0. The summed E-state index contributed by atoms with van der Waals surface area (Å²) in [5.41, 5.74) is 1.94. The van der Waals surface area contributed by atoms with Crippen LogP contribution >= 0.6 is 0 Å². The van der Waals surface area contributed by atoms with Crippen LogP contribution in [0, 0.1) is 0 Å². The van der Waals surface area contributed by atoms with E-state index in [1.165, 1.54) is 0 Å². The molecule has 3 heterocycles. The van der Waals surface area contributed by atoms with Crippen LogP contribution in [0.3, 0.4) is 0 Å². The third kappa shape index (κ3) is 2.50. The lowest BCUT2D eigenvalue weighted by molar-refractivity contribution is 0.0945. The zero-order valence-corrected chi connectivity index (χ0v) is 12.2. The van der Waals surface area contributed by atoms with Gasteiger partial charge in [0.2, 0.25) is 0 Å². The minimum atomic E-state index is -0.233. The Labute approximate surface area is 131 Å². The number of carbonyl (C=O) groups is 1. The number of carbonyl (C=O) groups excluding carboxylic acids is 1. The van der Waals surface area contributed by atoms with E-state index in [0.717, 1.165) is 16.6 Å². The number of hydrogen-bond donors (Lipinski definition) is 1. The molecule has 0 aliphatic heterocycles. The van der Waals surface area contributed by atoms with Gasteiger partial charge in [-0.2, -0.15) is 0 Å². The highest BCUT2D eigenvalue weighted by atomic mass is 16.1. The van der Waals surface area contributed by atoms with Crippen LogP contribution in [0.25, 0.3) is 16.6 Å². The molecule has 0 fully saturated rings. The summed E-state index contributed by atoms with van der Waals surface area (Å²) >= 11 is 0. The zero-order chi connectivity index (χ0) is 15.6. The Bertz CT molecular complexity index is 1010. The largest absolute Gasteiger partial charge is 0.343 e. The highest BCUT2D eigenvalue weighted by molar-refractivity contribution is 5.94. The Morgan fingerprint density at radius 3 is 2.83 bits per heavy atom. The molecule has 0 aliphatic rings. The van der Waals surface area contributed by atoms with E-state index >= 15 is 0 Å². The van der Waals surface area contributed by atoms with E-state index in [-0.39, 0.29) is 5.91 Å². The lowest BCUT2D eigenvalue weighted by atomic mass is 10.2. The summed E-state index contributed by atoms with van der Waals surface area (Å²) in [4.78, 5) is 16.7. The van der Waals surface area contributed by atoms with Gasteiger partial charge in [0.25, 0.3) is 5.91 Å². The third-order valence-electron chi connectivity index (χ3n) is 3.62. The Kier molecular flexibility index (Phi) is 3.20. The van der Waals surface area contributed by atoms with Crippen molar-refractivity contribution in [3.05, 3.63) is 72.3 Å². The van der Waals surface area contributed by atoms with Gasteiger partial charge in [0.05, 0.1) is 12.1 Å². The van der Waals surface area contributed by atoms with Crippen molar-refractivity contribution in [2.75, 3.05) is 0 Å². The van der Waals surface area contributed by atoms with Gasteiger partial charge in [0.1, 0.15) is 5.69 Å². The number of amides is 1. The van der Waals surface area contributed by atoms with Gasteiger partial charge in [0.15, 0.2) is 11.5 Å². The number of rotatable bonds is 3. The lowest BCUT2D eigenvalue weighted by Crippen LogP contribution is -2.24. The van der Waals surface area contributed by atoms with Crippen molar-refractivity contribution < 1.29 is 4.79 Å². The maximum Gasteiger partial charge on any atom is 0.270 e. The van der Waals surface area contributed by atoms with Crippen LogP contribution in [-0.4, -0.2) is 25.5 Å².